The molecule has 0 saturated heterocycles. The molecule has 0 saturated carbocycles. The predicted octanol–water partition coefficient (Wildman–Crippen LogP) is 5.05. The molecule has 0 aromatic heterocycles. The molecule has 2 aliphatic carbocycles. The van der Waals surface area contributed by atoms with Gasteiger partial charge in [-0.05, 0) is 0 Å². The molecule has 0 bridgehead atoms. The molecule has 0 radical (unpaired) electrons. The molecule has 3 heteroatoms. The average Bonchev–Trinajstić information content (AvgIpc) is 2.79. The molecule has 0 fully saturated rings. The van der Waals surface area contributed by atoms with Crippen LogP contribution in [0.4, 0.5) is 0 Å². The van der Waals surface area contributed by atoms with Crippen LogP contribution in [-0.2, 0) is 13.5 Å². The van der Waals surface area contributed by atoms with Gasteiger partial charge in [-0.15, -0.1) is 0 Å². The van der Waals surface area contributed by atoms with Crippen molar-refractivity contribution in [1.29, 1.82) is 0 Å². The molecule has 0 aliphatic heterocycles. The van der Waals surface area contributed by atoms with Gasteiger partial charge in [0, 0.05) is 0 Å². The van der Waals surface area contributed by atoms with Crippen LogP contribution in [0.25, 0.3) is 5.57 Å². The minimum atomic E-state index is -1.80. The Labute approximate surface area is 121 Å². The van der Waals surface area contributed by atoms with E-state index in [2.05, 4.69) is 36.4 Å². The van der Waals surface area contributed by atoms with Crippen molar-refractivity contribution < 1.29 is 13.5 Å². The van der Waals surface area contributed by atoms with E-state index in [1.165, 1.54) is 45.7 Å². The van der Waals surface area contributed by atoms with Crippen molar-refractivity contribution >= 4 is 29.1 Å². The van der Waals surface area contributed by atoms with E-state index in [9.17, 15) is 0 Å². The molecule has 0 nitrogen and oxygen atoms in total. The van der Waals surface area contributed by atoms with Crippen LogP contribution in [0.3, 0.4) is 0 Å². The van der Waals surface area contributed by atoms with E-state index in [0.29, 0.717) is 0 Å². The molecule has 3 rings (SSSR count). The van der Waals surface area contributed by atoms with Gasteiger partial charge in [0.2, 0.25) is 0 Å². The van der Waals surface area contributed by atoms with E-state index < -0.39 is 13.5 Å². The summed E-state index contributed by atoms with van der Waals surface area (Å²) in [5.74, 6) is 0. The Hall–Kier alpha value is -0.227. The Morgan fingerprint density at radius 3 is 2.22 bits per heavy atom. The first-order chi connectivity index (χ1) is 8.77. The second-order valence-electron chi connectivity index (χ2n) is 4.61. The maximum absolute atomic E-state index is 6.25. The number of hydrogen-bond acceptors (Lipinski definition) is 0. The molecule has 0 unspecified atom stereocenters. The van der Waals surface area contributed by atoms with E-state index in [1.807, 2.05) is 0 Å². The van der Waals surface area contributed by atoms with Gasteiger partial charge in [0.05, 0.1) is 0 Å². The van der Waals surface area contributed by atoms with Crippen molar-refractivity contribution in [3.05, 3.63) is 53.1 Å². The molecule has 0 atom stereocenters. The van der Waals surface area contributed by atoms with E-state index in [4.69, 9.17) is 19.4 Å². The Balaban J connectivity index is 2.13. The second kappa shape index (κ2) is 5.41. The third-order valence-corrected chi connectivity index (χ3v) is 6.76. The Morgan fingerprint density at radius 2 is 1.56 bits per heavy atom. The minimum absolute atomic E-state index is 1.15. The van der Waals surface area contributed by atoms with Crippen molar-refractivity contribution in [3.63, 3.8) is 0 Å². The fourth-order valence-corrected chi connectivity index (χ4v) is 5.48. The summed E-state index contributed by atoms with van der Waals surface area (Å²) < 4.78 is 1.26. The summed E-state index contributed by atoms with van der Waals surface area (Å²) in [6, 6.07) is 10.6. The summed E-state index contributed by atoms with van der Waals surface area (Å²) in [7, 11) is 12.5. The quantitative estimate of drug-likeness (QED) is 0.610. The summed E-state index contributed by atoms with van der Waals surface area (Å²) in [4.78, 5) is 0. The standard InChI is InChI=1S/C15H14.2ClH.Ru/c1-2-6-12(7-3-1)15-11-10-13-8-4-5-9-14(13)15;;;/h1-3,6-7,11H,4-5,8-9H2;2*1H;/q;;;+2/p-2. The van der Waals surface area contributed by atoms with Gasteiger partial charge in [-0.25, -0.2) is 0 Å². The van der Waals surface area contributed by atoms with Gasteiger partial charge in [0.1, 0.15) is 0 Å². The van der Waals surface area contributed by atoms with Gasteiger partial charge < -0.3 is 0 Å². The number of hydrogen-bond donors (Lipinski definition) is 0. The zero-order valence-electron chi connectivity index (χ0n) is 9.90. The monoisotopic (exact) mass is 366 g/mol. The SMILES string of the molecule is [Cl][Ru]([Cl])=[C]1C=C(c2ccccc2)C2=C1CCCC2. The van der Waals surface area contributed by atoms with Crippen molar-refractivity contribution in [2.24, 2.45) is 0 Å². The van der Waals surface area contributed by atoms with Gasteiger partial charge in [-0.3, -0.25) is 0 Å². The van der Waals surface area contributed by atoms with E-state index in [1.54, 1.807) is 0 Å². The Kier molecular flexibility index (Phi) is 3.84. The molecule has 0 N–H and O–H groups in total. The van der Waals surface area contributed by atoms with Crippen molar-refractivity contribution in [1.82, 2.24) is 0 Å². The molecule has 96 valence electrons. The predicted molar refractivity (Wildman–Crippen MR) is 76.6 cm³/mol. The molecule has 1 aromatic carbocycles. The number of allylic oxidation sites excluding steroid dienone is 4. The topological polar surface area (TPSA) is 0 Å². The summed E-state index contributed by atoms with van der Waals surface area (Å²) in [6.45, 7) is 0. The fraction of sp³-hybridized carbons (Fsp3) is 0.267. The zero-order valence-corrected chi connectivity index (χ0v) is 13.2. The molecular formula is C15H14Cl2Ru. The van der Waals surface area contributed by atoms with Gasteiger partial charge >= 0.3 is 121 Å². The van der Waals surface area contributed by atoms with Crippen molar-refractivity contribution in [2.45, 2.75) is 25.7 Å². The van der Waals surface area contributed by atoms with E-state index >= 15 is 0 Å². The summed E-state index contributed by atoms with van der Waals surface area (Å²) >= 11 is -1.80. The summed E-state index contributed by atoms with van der Waals surface area (Å²) in [5.41, 5.74) is 5.62. The van der Waals surface area contributed by atoms with E-state index in [0.717, 1.165) is 6.42 Å². The second-order valence-corrected chi connectivity index (χ2v) is 10.4. The van der Waals surface area contributed by atoms with Gasteiger partial charge in [0.25, 0.3) is 0 Å². The van der Waals surface area contributed by atoms with Crippen LogP contribution in [-0.4, -0.2) is 4.11 Å². The van der Waals surface area contributed by atoms with Crippen LogP contribution < -0.4 is 0 Å². The van der Waals surface area contributed by atoms with Crippen LogP contribution in [0.1, 0.15) is 31.2 Å². The van der Waals surface area contributed by atoms with Crippen LogP contribution in [0.5, 0.6) is 0 Å². The van der Waals surface area contributed by atoms with E-state index in [-0.39, 0.29) is 0 Å². The van der Waals surface area contributed by atoms with Crippen LogP contribution in [0.2, 0.25) is 0 Å². The summed E-state index contributed by atoms with van der Waals surface area (Å²) in [5, 5.41) is 0. The van der Waals surface area contributed by atoms with Crippen molar-refractivity contribution in [2.75, 3.05) is 0 Å². The molecule has 0 spiro atoms. The van der Waals surface area contributed by atoms with Crippen LogP contribution in [0, 0.1) is 0 Å². The third kappa shape index (κ3) is 2.29. The first-order valence-corrected chi connectivity index (χ1v) is 11.5. The average molecular weight is 366 g/mol. The van der Waals surface area contributed by atoms with Gasteiger partial charge in [-0.1, -0.05) is 0 Å². The molecule has 1 aromatic rings. The number of halogens is 2. The van der Waals surface area contributed by atoms with Crippen LogP contribution in [0.15, 0.2) is 47.6 Å². The Bertz CT molecular complexity index is 563. The van der Waals surface area contributed by atoms with Gasteiger partial charge in [0.15, 0.2) is 0 Å². The number of rotatable bonds is 1. The fourth-order valence-electron chi connectivity index (χ4n) is 2.75. The van der Waals surface area contributed by atoms with Crippen LogP contribution >= 0.6 is 19.4 Å². The third-order valence-electron chi connectivity index (χ3n) is 3.57. The maximum atomic E-state index is 6.25. The Morgan fingerprint density at radius 1 is 0.889 bits per heavy atom. The van der Waals surface area contributed by atoms with Crippen molar-refractivity contribution in [3.8, 4) is 0 Å². The normalized spacial score (nSPS) is 19.8. The molecule has 2 aliphatic rings. The zero-order chi connectivity index (χ0) is 12.5. The molecular weight excluding hydrogens is 352 g/mol. The number of benzene rings is 1. The summed E-state index contributed by atoms with van der Waals surface area (Å²) in [6.07, 6.45) is 7.14. The molecule has 0 heterocycles. The molecule has 18 heavy (non-hydrogen) atoms. The first-order valence-electron chi connectivity index (χ1n) is 6.14. The molecule has 0 amide bonds. The van der Waals surface area contributed by atoms with Gasteiger partial charge in [-0.2, -0.15) is 0 Å². The first kappa shape index (κ1) is 12.8.